The Bertz CT molecular complexity index is 15.5. The van der Waals surface area contributed by atoms with E-state index in [1.807, 2.05) is 0 Å². The SMILES string of the molecule is B.C.P.S.[AlH3].[Fe]. The van der Waals surface area contributed by atoms with Gasteiger partial charge in [-0.1, -0.05) is 7.43 Å². The van der Waals surface area contributed by atoms with E-state index in [1.165, 1.54) is 0 Å². The van der Waals surface area contributed by atoms with Crippen molar-refractivity contribution in [2.75, 3.05) is 0 Å². The summed E-state index contributed by atoms with van der Waals surface area (Å²) in [5, 5.41) is 0. The predicted molar refractivity (Wildman–Crippen MR) is 48.1 cm³/mol. The van der Waals surface area contributed by atoms with Gasteiger partial charge in [-0.2, -0.15) is 23.4 Å². The van der Waals surface area contributed by atoms with Gasteiger partial charge in [0.25, 0.3) is 0 Å². The maximum Gasteiger partial charge on any atom is 0.187 e. The van der Waals surface area contributed by atoms with Crippen LogP contribution in [0.25, 0.3) is 0 Å². The summed E-state index contributed by atoms with van der Waals surface area (Å²) in [5.41, 5.74) is 0. The van der Waals surface area contributed by atoms with E-state index in [1.54, 1.807) is 0 Å². The molecule has 0 aromatic heterocycles. The van der Waals surface area contributed by atoms with Crippen LogP contribution in [0, 0.1) is 0 Å². The maximum atomic E-state index is 0. The van der Waals surface area contributed by atoms with Gasteiger partial charge < -0.3 is 0 Å². The molecule has 0 spiro atoms. The van der Waals surface area contributed by atoms with Crippen LogP contribution in [0.3, 0.4) is 0 Å². The van der Waals surface area contributed by atoms with Gasteiger partial charge in [-0.05, 0) is 0 Å². The van der Waals surface area contributed by atoms with Crippen LogP contribution in [0.1, 0.15) is 7.43 Å². The number of hydrogen-bond donors (Lipinski definition) is 0. The third-order valence-electron chi connectivity index (χ3n) is 0. The molecule has 6 heavy (non-hydrogen) atoms. The van der Waals surface area contributed by atoms with Crippen LogP contribution in [-0.2, 0) is 17.1 Å². The summed E-state index contributed by atoms with van der Waals surface area (Å²) in [5.74, 6) is 0. The summed E-state index contributed by atoms with van der Waals surface area (Å²) in [7, 11) is 0. The molecule has 0 saturated carbocycles. The van der Waals surface area contributed by atoms with E-state index in [9.17, 15) is 0 Å². The molecule has 1 unspecified atom stereocenters. The first kappa shape index (κ1) is 104. The molecule has 0 aliphatic heterocycles. The summed E-state index contributed by atoms with van der Waals surface area (Å²) in [6.07, 6.45) is 0. The summed E-state index contributed by atoms with van der Waals surface area (Å²) < 4.78 is 0. The Morgan fingerprint density at radius 2 is 1.00 bits per heavy atom. The van der Waals surface area contributed by atoms with Gasteiger partial charge in [0.15, 0.2) is 17.4 Å². The van der Waals surface area contributed by atoms with Gasteiger partial charge in [-0.25, -0.2) is 0 Å². The van der Waals surface area contributed by atoms with Crippen LogP contribution in [0.15, 0.2) is 0 Å². The van der Waals surface area contributed by atoms with Crippen LogP contribution in [0.2, 0.25) is 0 Å². The second-order valence-corrected chi connectivity index (χ2v) is 0. The average Bonchev–Trinajstić information content (AvgIpc) is 0. The molecule has 0 amide bonds. The molecule has 0 aromatic carbocycles. The van der Waals surface area contributed by atoms with Crippen molar-refractivity contribution in [1.82, 2.24) is 0 Å². The molecule has 0 radical (unpaired) electrons. The van der Waals surface area contributed by atoms with E-state index in [2.05, 4.69) is 0 Å². The van der Waals surface area contributed by atoms with Crippen LogP contribution < -0.4 is 0 Å². The van der Waals surface area contributed by atoms with E-state index in [0.717, 1.165) is 0 Å². The maximum absolute atomic E-state index is 0. The smallest absolute Gasteiger partial charge is 0.187 e. The van der Waals surface area contributed by atoms with Crippen LogP contribution in [0.5, 0.6) is 0 Å². The fourth-order valence-corrected chi connectivity index (χ4v) is 0. The zero-order valence-electron chi connectivity index (χ0n) is 1.56. The van der Waals surface area contributed by atoms with Crippen molar-refractivity contribution in [2.45, 2.75) is 7.43 Å². The normalized spacial score (nSPS) is 0. The Balaban J connectivity index is 0. The molecule has 5 heteroatoms. The van der Waals surface area contributed by atoms with Crippen molar-refractivity contribution in [3.05, 3.63) is 0 Å². The molecule has 0 aliphatic carbocycles. The van der Waals surface area contributed by atoms with Gasteiger partial charge in [0.1, 0.15) is 0 Å². The molecule has 0 nitrogen and oxygen atoms in total. The average molecular weight is 184 g/mol. The van der Waals surface area contributed by atoms with E-state index in [-0.39, 0.29) is 73.7 Å². The summed E-state index contributed by atoms with van der Waals surface area (Å²) in [6.45, 7) is 0. The Morgan fingerprint density at radius 1 is 1.00 bits per heavy atom. The quantitative estimate of drug-likeness (QED) is 0.315. The summed E-state index contributed by atoms with van der Waals surface area (Å²) >= 11 is 0. The Morgan fingerprint density at radius 3 is 1.00 bits per heavy atom. The summed E-state index contributed by atoms with van der Waals surface area (Å²) in [4.78, 5) is 0. The van der Waals surface area contributed by atoms with Gasteiger partial charge in [-0.3, -0.25) is 0 Å². The second-order valence-electron chi connectivity index (χ2n) is 0. The number of rotatable bonds is 0. The zero-order chi connectivity index (χ0) is 0. The molecule has 0 saturated heterocycles. The standard InChI is InChI=1S/CH4.Al.BH3.Fe.H3P.H2S.3H/h1H4;;1H3;;1H3;1H2;;;. The van der Waals surface area contributed by atoms with E-state index in [4.69, 9.17) is 0 Å². The molecular weight excluding hydrogens is 169 g/mol. The first-order chi connectivity index (χ1) is 0. The van der Waals surface area contributed by atoms with Gasteiger partial charge in [0.2, 0.25) is 0 Å². The predicted octanol–water partition coefficient (Wildman–Crippen LogP) is -1.56. The topological polar surface area (TPSA) is 0 Å². The van der Waals surface area contributed by atoms with Crippen molar-refractivity contribution in [3.8, 4) is 0 Å². The third-order valence-corrected chi connectivity index (χ3v) is 0. The minimum Gasteiger partial charge on any atom is -0.197 e. The van der Waals surface area contributed by atoms with Crippen molar-refractivity contribution in [3.63, 3.8) is 0 Å². The molecule has 1 atom stereocenters. The van der Waals surface area contributed by atoms with E-state index < -0.39 is 0 Å². The molecule has 0 fully saturated rings. The fraction of sp³-hybridized carbons (Fsp3) is 1.00. The molecule has 0 N–H and O–H groups in total. The van der Waals surface area contributed by atoms with Crippen LogP contribution in [0.4, 0.5) is 0 Å². The van der Waals surface area contributed by atoms with Gasteiger partial charge >= 0.3 is 0 Å². The molecule has 44 valence electrons. The summed E-state index contributed by atoms with van der Waals surface area (Å²) in [6, 6.07) is 0. The Kier molecular flexibility index (Phi) is 1160. The molecule has 0 aromatic rings. The van der Waals surface area contributed by atoms with E-state index in [0.29, 0.717) is 0 Å². The molecule has 0 rings (SSSR count). The second kappa shape index (κ2) is 66.7. The van der Waals surface area contributed by atoms with Gasteiger partial charge in [-0.15, -0.1) is 0 Å². The van der Waals surface area contributed by atoms with Crippen molar-refractivity contribution in [1.29, 1.82) is 0 Å². The molecule has 0 aliphatic rings. The first-order valence-electron chi connectivity index (χ1n) is 0. The van der Waals surface area contributed by atoms with E-state index >= 15 is 0 Å². The fourth-order valence-electron chi connectivity index (χ4n) is 0. The van der Waals surface area contributed by atoms with Gasteiger partial charge in [0.05, 0.1) is 8.41 Å². The minimum atomic E-state index is 0. The van der Waals surface area contributed by atoms with Gasteiger partial charge in [0, 0.05) is 17.1 Å². The Hall–Kier alpha value is 1.90. The molecular formula is CH15AlBFePS. The largest absolute Gasteiger partial charge is 0.197 e. The molecule has 0 bridgehead atoms. The molecule has 0 heterocycles. The monoisotopic (exact) mass is 184 g/mol. The van der Waals surface area contributed by atoms with Crippen LogP contribution in [-0.4, -0.2) is 25.8 Å². The number of hydrogen-bond acceptors (Lipinski definition) is 0. The van der Waals surface area contributed by atoms with Crippen molar-refractivity contribution >= 4 is 49.2 Å². The minimum absolute atomic E-state index is 0. The first-order valence-corrected chi connectivity index (χ1v) is 0. The Labute approximate surface area is 73.5 Å². The zero-order valence-corrected chi connectivity index (χ0v) is 5.08. The van der Waals surface area contributed by atoms with Crippen LogP contribution >= 0.6 is 23.4 Å². The third kappa shape index (κ3) is 39.3. The van der Waals surface area contributed by atoms with Crippen molar-refractivity contribution < 1.29 is 17.1 Å². The van der Waals surface area contributed by atoms with Crippen molar-refractivity contribution in [2.24, 2.45) is 0 Å².